The van der Waals surface area contributed by atoms with Crippen LogP contribution in [0.3, 0.4) is 0 Å². The number of hydrogen-bond donors (Lipinski definition) is 0. The van der Waals surface area contributed by atoms with Crippen LogP contribution in [0.15, 0.2) is 239 Å². The van der Waals surface area contributed by atoms with E-state index in [2.05, 4.69) is 185 Å². The van der Waals surface area contributed by atoms with Gasteiger partial charge in [-0.05, 0) is 99.0 Å². The maximum atomic E-state index is 5.30. The molecule has 5 nitrogen and oxygen atoms in total. The first-order chi connectivity index (χ1) is 32.2. The van der Waals surface area contributed by atoms with Crippen LogP contribution in [0.5, 0.6) is 0 Å². The van der Waals surface area contributed by atoms with Gasteiger partial charge in [0, 0.05) is 38.4 Å². The Morgan fingerprint density at radius 2 is 0.892 bits per heavy atom. The zero-order chi connectivity index (χ0) is 43.3. The molecule has 0 aliphatic carbocycles. The number of hydrogen-bond acceptors (Lipinski definition) is 1. The second kappa shape index (κ2) is 15.9. The molecule has 0 aliphatic heterocycles. The van der Waals surface area contributed by atoms with E-state index in [4.69, 9.17) is 9.98 Å². The van der Waals surface area contributed by atoms with Gasteiger partial charge in [0.2, 0.25) is 0 Å². The molecule has 0 N–H and O–H groups in total. The summed E-state index contributed by atoms with van der Waals surface area (Å²) in [5.41, 5.74) is 12.2. The third-order valence-electron chi connectivity index (χ3n) is 12.7. The molecule has 0 bridgehead atoms. The summed E-state index contributed by atoms with van der Waals surface area (Å²) in [6, 6.07) is 79.8. The number of benzene rings is 10. The van der Waals surface area contributed by atoms with Crippen LogP contribution in [0.2, 0.25) is 0 Å². The largest absolute Gasteiger partial charge is 0.320 e. The van der Waals surface area contributed by atoms with Crippen LogP contribution >= 0.6 is 0 Å². The lowest BCUT2D eigenvalue weighted by Gasteiger charge is -2.10. The van der Waals surface area contributed by atoms with E-state index in [0.29, 0.717) is 18.3 Å². The summed E-state index contributed by atoms with van der Waals surface area (Å²) in [4.78, 5) is 14.7. The number of amidine groups is 2. The molecule has 306 valence electrons. The zero-order valence-corrected chi connectivity index (χ0v) is 35.5. The zero-order valence-electron chi connectivity index (χ0n) is 35.5. The number of rotatable bonds is 7. The topological polar surface area (TPSA) is 46.9 Å². The molecular weight excluding hydrogens is 791 g/mol. The van der Waals surface area contributed by atoms with Crippen LogP contribution in [-0.2, 0) is 6.67 Å². The van der Waals surface area contributed by atoms with Gasteiger partial charge in [0.15, 0.2) is 11.7 Å². The molecule has 0 aliphatic rings. The van der Waals surface area contributed by atoms with Gasteiger partial charge in [0.25, 0.3) is 0 Å². The first-order valence-corrected chi connectivity index (χ1v) is 22.0. The molecule has 12 rings (SSSR count). The first kappa shape index (κ1) is 38.0. The van der Waals surface area contributed by atoms with Crippen molar-refractivity contribution >= 4 is 83.5 Å². The normalized spacial score (nSPS) is 12.3. The van der Waals surface area contributed by atoms with Gasteiger partial charge in [-0.3, -0.25) is 0 Å². The molecule has 0 spiro atoms. The van der Waals surface area contributed by atoms with Crippen molar-refractivity contribution in [3.8, 4) is 27.9 Å². The van der Waals surface area contributed by atoms with Crippen molar-refractivity contribution in [1.29, 1.82) is 0 Å². The highest BCUT2D eigenvalue weighted by Gasteiger charge is 2.21. The van der Waals surface area contributed by atoms with E-state index in [1.54, 1.807) is 0 Å². The minimum absolute atomic E-state index is 0.340. The highest BCUT2D eigenvalue weighted by Crippen LogP contribution is 2.43. The maximum absolute atomic E-state index is 5.30. The minimum atomic E-state index is 0.340. The summed E-state index contributed by atoms with van der Waals surface area (Å²) in [7, 11) is 0. The molecule has 0 atom stereocenters. The van der Waals surface area contributed by atoms with Crippen molar-refractivity contribution in [1.82, 2.24) is 9.13 Å². The Morgan fingerprint density at radius 1 is 0.385 bits per heavy atom. The van der Waals surface area contributed by atoms with Crippen LogP contribution in [-0.4, -0.2) is 27.5 Å². The van der Waals surface area contributed by atoms with E-state index < -0.39 is 0 Å². The van der Waals surface area contributed by atoms with Crippen molar-refractivity contribution in [3.63, 3.8) is 0 Å². The van der Waals surface area contributed by atoms with Gasteiger partial charge in [0.1, 0.15) is 6.67 Å². The molecule has 0 radical (unpaired) electrons. The Kier molecular flexibility index (Phi) is 9.31. The Morgan fingerprint density at radius 3 is 1.52 bits per heavy atom. The van der Waals surface area contributed by atoms with Crippen LogP contribution in [0.25, 0.3) is 93.1 Å². The molecular formula is C60H41N5. The Hall–Kier alpha value is -8.67. The van der Waals surface area contributed by atoms with Crippen molar-refractivity contribution in [3.05, 3.63) is 236 Å². The van der Waals surface area contributed by atoms with E-state index in [9.17, 15) is 0 Å². The summed E-state index contributed by atoms with van der Waals surface area (Å²) in [5, 5.41) is 9.65. The molecule has 10 aromatic carbocycles. The Balaban J connectivity index is 1.13. The molecule has 0 amide bonds. The van der Waals surface area contributed by atoms with Crippen molar-refractivity contribution in [2.75, 3.05) is 0 Å². The number of fused-ring (bicyclic) bond motifs is 10. The number of nitrogens with zero attached hydrogens (tertiary/aromatic N) is 5. The number of aromatic nitrogens is 2. The summed E-state index contributed by atoms with van der Waals surface area (Å²) >= 11 is 0. The quantitative estimate of drug-likeness (QED) is 0.113. The summed E-state index contributed by atoms with van der Waals surface area (Å²) in [5.74, 6) is 1.11. The molecule has 0 saturated carbocycles. The van der Waals surface area contributed by atoms with E-state index in [0.717, 1.165) is 27.8 Å². The van der Waals surface area contributed by atoms with Crippen molar-refractivity contribution < 1.29 is 0 Å². The fourth-order valence-electron chi connectivity index (χ4n) is 9.68. The molecule has 0 fully saturated rings. The molecule has 2 heterocycles. The summed E-state index contributed by atoms with van der Waals surface area (Å²) in [6.07, 6.45) is 0. The molecule has 12 aromatic rings. The summed E-state index contributed by atoms with van der Waals surface area (Å²) in [6.45, 7) is 4.23. The minimum Gasteiger partial charge on any atom is -0.320 e. The van der Waals surface area contributed by atoms with E-state index in [1.165, 1.54) is 76.4 Å². The van der Waals surface area contributed by atoms with Crippen LogP contribution in [0.4, 0.5) is 0 Å². The van der Waals surface area contributed by atoms with E-state index >= 15 is 0 Å². The van der Waals surface area contributed by atoms with Gasteiger partial charge in [-0.1, -0.05) is 176 Å². The monoisotopic (exact) mass is 831 g/mol. The molecule has 65 heavy (non-hydrogen) atoms. The van der Waals surface area contributed by atoms with Crippen molar-refractivity contribution in [2.45, 2.75) is 6.67 Å². The van der Waals surface area contributed by atoms with Gasteiger partial charge in [-0.25, -0.2) is 15.0 Å². The maximum Gasteiger partial charge on any atom is 0.161 e. The highest BCUT2D eigenvalue weighted by atomic mass is 15.1. The molecule has 2 aromatic heterocycles. The average molecular weight is 832 g/mol. The van der Waals surface area contributed by atoms with E-state index in [1.807, 2.05) is 60.7 Å². The van der Waals surface area contributed by atoms with Crippen LogP contribution in [0.1, 0.15) is 11.1 Å². The predicted octanol–water partition coefficient (Wildman–Crippen LogP) is 15.1. The highest BCUT2D eigenvalue weighted by molar-refractivity contribution is 6.30. The van der Waals surface area contributed by atoms with Gasteiger partial charge in [-0.15, -0.1) is 0 Å². The van der Waals surface area contributed by atoms with Crippen LogP contribution in [0, 0.1) is 0 Å². The van der Waals surface area contributed by atoms with Gasteiger partial charge >= 0.3 is 0 Å². The lowest BCUT2D eigenvalue weighted by Crippen LogP contribution is -2.07. The first-order valence-electron chi connectivity index (χ1n) is 22.0. The standard InChI is InChI=1S/C60H41N5/c1-61-59(43-21-10-4-11-22-43)63-60(44-23-12-5-13-24-44)62-39-64-53-32-27-46(40-16-6-2-7-17-40)37-51(53)57-49-31-35-56-58(50(49)30-34-55(57)64)52-38-47(41-18-8-3-9-19-41)28-33-54(52)65(56)48-29-26-42-20-14-15-25-45(42)36-48/h2-38H,1,39H2/b62-60-,63-59?. The van der Waals surface area contributed by atoms with Gasteiger partial charge < -0.3 is 9.13 Å². The third kappa shape index (κ3) is 6.61. The second-order valence-corrected chi connectivity index (χ2v) is 16.5. The predicted molar refractivity (Wildman–Crippen MR) is 275 cm³/mol. The lowest BCUT2D eigenvalue weighted by molar-refractivity contribution is 0.791. The number of aliphatic imine (C=N–C) groups is 3. The van der Waals surface area contributed by atoms with Crippen LogP contribution < -0.4 is 0 Å². The van der Waals surface area contributed by atoms with Gasteiger partial charge in [0.05, 0.1) is 22.1 Å². The SMILES string of the molecule is C=NC(=N/C(=N\Cn1c2ccc(-c3ccccc3)cc2c2c3ccc4c(c3ccc21)c1cc(-c2ccccc2)ccc1n4-c1ccc2ccccc2c1)c1ccccc1)c1ccccc1. The fourth-order valence-corrected chi connectivity index (χ4v) is 9.68. The Labute approximate surface area is 376 Å². The third-order valence-corrected chi connectivity index (χ3v) is 12.7. The van der Waals surface area contributed by atoms with Crippen molar-refractivity contribution in [2.24, 2.45) is 15.0 Å². The fraction of sp³-hybridized carbons (Fsp3) is 0.0167. The molecule has 5 heteroatoms. The average Bonchev–Trinajstić information content (AvgIpc) is 3.89. The lowest BCUT2D eigenvalue weighted by atomic mass is 9.97. The Bertz CT molecular complexity index is 3840. The van der Waals surface area contributed by atoms with E-state index in [-0.39, 0.29) is 0 Å². The molecule has 0 unspecified atom stereocenters. The second-order valence-electron chi connectivity index (χ2n) is 16.5. The smallest absolute Gasteiger partial charge is 0.161 e. The summed E-state index contributed by atoms with van der Waals surface area (Å²) < 4.78 is 4.77. The van der Waals surface area contributed by atoms with Gasteiger partial charge in [-0.2, -0.15) is 0 Å². The molecule has 0 saturated heterocycles.